The summed E-state index contributed by atoms with van der Waals surface area (Å²) in [6.45, 7) is 4.37. The monoisotopic (exact) mass is 465 g/mol. The van der Waals surface area contributed by atoms with Crippen molar-refractivity contribution in [1.29, 1.82) is 5.26 Å². The molecular formula is C27H23N5OS. The summed E-state index contributed by atoms with van der Waals surface area (Å²) in [6, 6.07) is 25.4. The highest BCUT2D eigenvalue weighted by molar-refractivity contribution is 7.98. The van der Waals surface area contributed by atoms with E-state index in [4.69, 9.17) is 5.26 Å². The second-order valence-corrected chi connectivity index (χ2v) is 9.22. The number of fused-ring (bicyclic) bond motifs is 3. The maximum absolute atomic E-state index is 13.5. The Kier molecular flexibility index (Phi) is 5.91. The van der Waals surface area contributed by atoms with Crippen LogP contribution >= 0.6 is 11.8 Å². The molecule has 1 atom stereocenters. The Labute approximate surface area is 201 Å². The zero-order valence-corrected chi connectivity index (χ0v) is 19.8. The van der Waals surface area contributed by atoms with Gasteiger partial charge in [-0.1, -0.05) is 62.0 Å². The summed E-state index contributed by atoms with van der Waals surface area (Å²) < 4.78 is 3.59. The summed E-state index contributed by atoms with van der Waals surface area (Å²) in [6.07, 6.45) is 1.06. The highest BCUT2D eigenvalue weighted by Gasteiger charge is 2.18. The van der Waals surface area contributed by atoms with Gasteiger partial charge >= 0.3 is 0 Å². The molecule has 0 radical (unpaired) electrons. The minimum Gasteiger partial charge on any atom is -0.268 e. The predicted octanol–water partition coefficient (Wildman–Crippen LogP) is 5.71. The fourth-order valence-corrected chi connectivity index (χ4v) is 4.91. The van der Waals surface area contributed by atoms with Gasteiger partial charge in [0.1, 0.15) is 0 Å². The van der Waals surface area contributed by atoms with Crippen LogP contribution in [0.25, 0.3) is 22.4 Å². The van der Waals surface area contributed by atoms with Gasteiger partial charge in [0.2, 0.25) is 5.78 Å². The van der Waals surface area contributed by atoms with E-state index in [1.165, 1.54) is 5.56 Å². The molecular weight excluding hydrogens is 442 g/mol. The number of rotatable bonds is 6. The van der Waals surface area contributed by atoms with Crippen molar-refractivity contribution >= 4 is 28.4 Å². The average Bonchev–Trinajstić information content (AvgIpc) is 3.31. The summed E-state index contributed by atoms with van der Waals surface area (Å²) in [5.41, 5.74) is 4.40. The van der Waals surface area contributed by atoms with Crippen molar-refractivity contribution in [3.63, 3.8) is 0 Å². The van der Waals surface area contributed by atoms with Crippen molar-refractivity contribution in [2.75, 3.05) is 0 Å². The lowest BCUT2D eigenvalue weighted by Crippen LogP contribution is -2.21. The van der Waals surface area contributed by atoms with Crippen molar-refractivity contribution in [2.24, 2.45) is 0 Å². The van der Waals surface area contributed by atoms with Gasteiger partial charge in [0.25, 0.3) is 5.56 Å². The van der Waals surface area contributed by atoms with Crippen LogP contribution < -0.4 is 5.56 Å². The van der Waals surface area contributed by atoms with Gasteiger partial charge in [0, 0.05) is 5.75 Å². The highest BCUT2D eigenvalue weighted by Crippen LogP contribution is 2.26. The molecule has 0 saturated heterocycles. The molecule has 0 aliphatic rings. The van der Waals surface area contributed by atoms with E-state index in [1.807, 2.05) is 65.1 Å². The third kappa shape index (κ3) is 3.87. The smallest absolute Gasteiger partial charge is 0.267 e. The number of nitriles is 1. The van der Waals surface area contributed by atoms with Gasteiger partial charge in [0.05, 0.1) is 28.2 Å². The first-order valence-electron chi connectivity index (χ1n) is 11.2. The Hall–Kier alpha value is -3.89. The molecule has 168 valence electrons. The summed E-state index contributed by atoms with van der Waals surface area (Å²) in [5.74, 6) is 1.62. The van der Waals surface area contributed by atoms with Crippen LogP contribution in [-0.4, -0.2) is 19.2 Å². The fraction of sp³-hybridized carbons (Fsp3) is 0.185. The maximum Gasteiger partial charge on any atom is 0.267 e. The van der Waals surface area contributed by atoms with E-state index in [1.54, 1.807) is 16.3 Å². The molecule has 2 heterocycles. The zero-order valence-electron chi connectivity index (χ0n) is 19.0. The van der Waals surface area contributed by atoms with Gasteiger partial charge in [-0.3, -0.25) is 9.20 Å². The van der Waals surface area contributed by atoms with E-state index >= 15 is 0 Å². The number of thioether (sulfide) groups is 1. The minimum absolute atomic E-state index is 0.115. The van der Waals surface area contributed by atoms with Crippen LogP contribution in [0.1, 0.15) is 42.9 Å². The van der Waals surface area contributed by atoms with E-state index in [2.05, 4.69) is 42.2 Å². The number of aromatic nitrogens is 4. The van der Waals surface area contributed by atoms with Crippen LogP contribution in [0.5, 0.6) is 0 Å². The van der Waals surface area contributed by atoms with E-state index < -0.39 is 0 Å². The fourth-order valence-electron chi connectivity index (χ4n) is 4.02. The lowest BCUT2D eigenvalue weighted by Gasteiger charge is -2.13. The molecule has 0 amide bonds. The Bertz CT molecular complexity index is 1580. The number of nitrogens with zero attached hydrogens (tertiary/aromatic N) is 5. The molecule has 0 N–H and O–H groups in total. The molecule has 0 fully saturated rings. The molecule has 5 aromatic rings. The molecule has 0 aliphatic heterocycles. The molecule has 34 heavy (non-hydrogen) atoms. The van der Waals surface area contributed by atoms with Gasteiger partial charge in [-0.15, -0.1) is 10.2 Å². The summed E-state index contributed by atoms with van der Waals surface area (Å²) in [7, 11) is 0. The predicted molar refractivity (Wildman–Crippen MR) is 136 cm³/mol. The minimum atomic E-state index is -0.115. The molecule has 0 aliphatic carbocycles. The van der Waals surface area contributed by atoms with E-state index in [0.717, 1.165) is 23.2 Å². The van der Waals surface area contributed by atoms with Gasteiger partial charge in [0.15, 0.2) is 5.16 Å². The lowest BCUT2D eigenvalue weighted by molar-refractivity contribution is 0.733. The third-order valence-electron chi connectivity index (χ3n) is 6.18. The molecule has 0 saturated carbocycles. The quantitative estimate of drug-likeness (QED) is 0.300. The summed E-state index contributed by atoms with van der Waals surface area (Å²) >= 11 is 1.55. The van der Waals surface area contributed by atoms with Crippen molar-refractivity contribution in [3.8, 4) is 11.8 Å². The van der Waals surface area contributed by atoms with Crippen LogP contribution in [0.4, 0.5) is 0 Å². The SMILES string of the molecule is CCC(C)c1ccc(-n2c(=O)c3ccccc3n3c(SCc4ccc(C#N)cc4)nnc23)cc1. The van der Waals surface area contributed by atoms with Gasteiger partial charge in [-0.2, -0.15) is 5.26 Å². The summed E-state index contributed by atoms with van der Waals surface area (Å²) in [4.78, 5) is 13.5. The number of hydrogen-bond acceptors (Lipinski definition) is 5. The molecule has 6 nitrogen and oxygen atoms in total. The normalized spacial score (nSPS) is 12.1. The van der Waals surface area contributed by atoms with Crippen molar-refractivity contribution in [3.05, 3.63) is 99.8 Å². The molecule has 3 aromatic carbocycles. The van der Waals surface area contributed by atoms with Crippen LogP contribution in [-0.2, 0) is 5.75 Å². The van der Waals surface area contributed by atoms with Gasteiger partial charge < -0.3 is 0 Å². The topological polar surface area (TPSA) is 76.0 Å². The molecule has 5 rings (SSSR count). The number of benzene rings is 3. The molecule has 0 bridgehead atoms. The van der Waals surface area contributed by atoms with Crippen molar-refractivity contribution in [1.82, 2.24) is 19.2 Å². The van der Waals surface area contributed by atoms with Crippen LogP contribution in [0.2, 0.25) is 0 Å². The lowest BCUT2D eigenvalue weighted by atomic mass is 9.98. The number of para-hydroxylation sites is 1. The van der Waals surface area contributed by atoms with Crippen LogP contribution in [0.15, 0.2) is 82.7 Å². The largest absolute Gasteiger partial charge is 0.268 e. The Balaban J connectivity index is 1.62. The first-order chi connectivity index (χ1) is 16.6. The molecule has 0 spiro atoms. The molecule has 2 aromatic heterocycles. The van der Waals surface area contributed by atoms with Crippen molar-refractivity contribution < 1.29 is 0 Å². The first-order valence-corrected chi connectivity index (χ1v) is 12.2. The number of hydrogen-bond donors (Lipinski definition) is 0. The van der Waals surface area contributed by atoms with E-state index in [0.29, 0.717) is 33.6 Å². The average molecular weight is 466 g/mol. The highest BCUT2D eigenvalue weighted by atomic mass is 32.2. The van der Waals surface area contributed by atoms with E-state index in [9.17, 15) is 4.79 Å². The second-order valence-electron chi connectivity index (χ2n) is 8.27. The standard InChI is InChI=1S/C27H23N5OS/c1-3-18(2)21-12-14-22(15-13-21)31-25(33)23-6-4-5-7-24(23)32-26(31)29-30-27(32)34-17-20-10-8-19(16-28)9-11-20/h4-15,18H,3,17H2,1-2H3. The molecule has 1 unspecified atom stereocenters. The van der Waals surface area contributed by atoms with E-state index in [-0.39, 0.29) is 5.56 Å². The Morgan fingerprint density at radius 1 is 1.00 bits per heavy atom. The second kappa shape index (κ2) is 9.16. The summed E-state index contributed by atoms with van der Waals surface area (Å²) in [5, 5.41) is 19.2. The van der Waals surface area contributed by atoms with Gasteiger partial charge in [-0.05, 0) is 59.9 Å². The maximum atomic E-state index is 13.5. The van der Waals surface area contributed by atoms with Crippen LogP contribution in [0.3, 0.4) is 0 Å². The van der Waals surface area contributed by atoms with Crippen molar-refractivity contribution in [2.45, 2.75) is 37.1 Å². The first kappa shape index (κ1) is 21.9. The van der Waals surface area contributed by atoms with Gasteiger partial charge in [-0.25, -0.2) is 4.57 Å². The zero-order chi connectivity index (χ0) is 23.7. The Morgan fingerprint density at radius 3 is 2.44 bits per heavy atom. The van der Waals surface area contributed by atoms with Crippen LogP contribution in [0, 0.1) is 11.3 Å². The molecule has 7 heteroatoms. The Morgan fingerprint density at radius 2 is 1.74 bits per heavy atom. The third-order valence-corrected chi connectivity index (χ3v) is 7.18.